The Bertz CT molecular complexity index is 192. The van der Waals surface area contributed by atoms with Crippen molar-refractivity contribution in [1.29, 1.82) is 0 Å². The first-order chi connectivity index (χ1) is 6.38. The fourth-order valence-electron chi connectivity index (χ4n) is 1.98. The Morgan fingerprint density at radius 1 is 1.46 bits per heavy atom. The molecule has 1 atom stereocenters. The van der Waals surface area contributed by atoms with E-state index in [0.29, 0.717) is 11.9 Å². The molecule has 4 heteroatoms. The summed E-state index contributed by atoms with van der Waals surface area (Å²) >= 11 is 1.90. The van der Waals surface area contributed by atoms with Gasteiger partial charge in [-0.05, 0) is 13.0 Å². The van der Waals surface area contributed by atoms with E-state index in [-0.39, 0.29) is 0 Å². The molecule has 0 aromatic rings. The van der Waals surface area contributed by atoms with Gasteiger partial charge in [0.15, 0.2) is 0 Å². The topological polar surface area (TPSA) is 32.3 Å². The van der Waals surface area contributed by atoms with Crippen molar-refractivity contribution in [2.45, 2.75) is 18.9 Å². The van der Waals surface area contributed by atoms with Crippen molar-refractivity contribution < 1.29 is 4.79 Å². The maximum atomic E-state index is 11.7. The van der Waals surface area contributed by atoms with E-state index in [4.69, 9.17) is 0 Å². The SMILES string of the molecule is O=C1CCSCCN1C1CCNC1. The predicted molar refractivity (Wildman–Crippen MR) is 54.9 cm³/mol. The molecule has 2 fully saturated rings. The first-order valence-electron chi connectivity index (χ1n) is 4.96. The van der Waals surface area contributed by atoms with Crippen LogP contribution in [0.4, 0.5) is 0 Å². The van der Waals surface area contributed by atoms with Crippen molar-refractivity contribution in [2.75, 3.05) is 31.1 Å². The third-order valence-electron chi connectivity index (χ3n) is 2.73. The summed E-state index contributed by atoms with van der Waals surface area (Å²) in [6.07, 6.45) is 1.87. The van der Waals surface area contributed by atoms with Gasteiger partial charge in [0.25, 0.3) is 0 Å². The van der Waals surface area contributed by atoms with Gasteiger partial charge in [-0.2, -0.15) is 11.8 Å². The molecule has 2 aliphatic heterocycles. The zero-order valence-electron chi connectivity index (χ0n) is 7.79. The highest BCUT2D eigenvalue weighted by Gasteiger charge is 2.26. The third-order valence-corrected chi connectivity index (χ3v) is 3.70. The zero-order chi connectivity index (χ0) is 9.10. The van der Waals surface area contributed by atoms with Gasteiger partial charge < -0.3 is 10.2 Å². The summed E-state index contributed by atoms with van der Waals surface area (Å²) in [5, 5.41) is 3.31. The molecule has 1 N–H and O–H groups in total. The minimum absolute atomic E-state index is 0.360. The summed E-state index contributed by atoms with van der Waals surface area (Å²) in [5.74, 6) is 2.48. The second-order valence-electron chi connectivity index (χ2n) is 3.60. The van der Waals surface area contributed by atoms with Crippen LogP contribution in [0.25, 0.3) is 0 Å². The molecule has 2 saturated heterocycles. The van der Waals surface area contributed by atoms with Gasteiger partial charge in [-0.15, -0.1) is 0 Å². The Morgan fingerprint density at radius 3 is 3.15 bits per heavy atom. The van der Waals surface area contributed by atoms with Crippen LogP contribution in [0.3, 0.4) is 0 Å². The second kappa shape index (κ2) is 4.33. The van der Waals surface area contributed by atoms with E-state index < -0.39 is 0 Å². The molecule has 2 heterocycles. The van der Waals surface area contributed by atoms with Gasteiger partial charge in [0, 0.05) is 37.1 Å². The molecule has 13 heavy (non-hydrogen) atoms. The van der Waals surface area contributed by atoms with Crippen LogP contribution in [0.2, 0.25) is 0 Å². The number of carbonyl (C=O) groups is 1. The summed E-state index contributed by atoms with van der Waals surface area (Å²) in [7, 11) is 0. The van der Waals surface area contributed by atoms with Crippen LogP contribution in [0.5, 0.6) is 0 Å². The van der Waals surface area contributed by atoms with Crippen molar-refractivity contribution in [3.05, 3.63) is 0 Å². The maximum Gasteiger partial charge on any atom is 0.223 e. The van der Waals surface area contributed by atoms with Crippen molar-refractivity contribution in [3.8, 4) is 0 Å². The molecule has 0 radical (unpaired) electrons. The Balaban J connectivity index is 1.97. The summed E-state index contributed by atoms with van der Waals surface area (Å²) < 4.78 is 0. The fourth-order valence-corrected chi connectivity index (χ4v) is 2.83. The lowest BCUT2D eigenvalue weighted by Crippen LogP contribution is -2.41. The van der Waals surface area contributed by atoms with Crippen LogP contribution in [0.1, 0.15) is 12.8 Å². The molecule has 0 bridgehead atoms. The van der Waals surface area contributed by atoms with Gasteiger partial charge in [0.1, 0.15) is 0 Å². The van der Waals surface area contributed by atoms with E-state index in [1.165, 1.54) is 0 Å². The van der Waals surface area contributed by atoms with E-state index in [1.807, 2.05) is 11.8 Å². The molecular weight excluding hydrogens is 184 g/mol. The first-order valence-corrected chi connectivity index (χ1v) is 6.11. The van der Waals surface area contributed by atoms with Crippen LogP contribution >= 0.6 is 11.8 Å². The molecule has 74 valence electrons. The number of carbonyl (C=O) groups excluding carboxylic acids is 1. The monoisotopic (exact) mass is 200 g/mol. The largest absolute Gasteiger partial charge is 0.338 e. The lowest BCUT2D eigenvalue weighted by Gasteiger charge is -2.26. The smallest absolute Gasteiger partial charge is 0.223 e. The fraction of sp³-hybridized carbons (Fsp3) is 0.889. The Kier molecular flexibility index (Phi) is 3.11. The van der Waals surface area contributed by atoms with Crippen LogP contribution < -0.4 is 5.32 Å². The molecule has 2 rings (SSSR count). The van der Waals surface area contributed by atoms with Gasteiger partial charge in [0.2, 0.25) is 5.91 Å². The number of hydrogen-bond acceptors (Lipinski definition) is 3. The summed E-state index contributed by atoms with van der Waals surface area (Å²) in [5.41, 5.74) is 0. The van der Waals surface area contributed by atoms with E-state index >= 15 is 0 Å². The summed E-state index contributed by atoms with van der Waals surface area (Å²) in [6.45, 7) is 3.02. The summed E-state index contributed by atoms with van der Waals surface area (Å²) in [4.78, 5) is 13.8. The van der Waals surface area contributed by atoms with Gasteiger partial charge in [-0.3, -0.25) is 4.79 Å². The molecule has 0 aliphatic carbocycles. The minimum Gasteiger partial charge on any atom is -0.338 e. The number of nitrogens with one attached hydrogen (secondary N) is 1. The van der Waals surface area contributed by atoms with Gasteiger partial charge in [-0.1, -0.05) is 0 Å². The van der Waals surface area contributed by atoms with Gasteiger partial charge in [0.05, 0.1) is 0 Å². The first kappa shape index (κ1) is 9.34. The Labute approximate surface area is 83.2 Å². The van der Waals surface area contributed by atoms with Crippen molar-refractivity contribution in [2.24, 2.45) is 0 Å². The van der Waals surface area contributed by atoms with Crippen LogP contribution in [-0.4, -0.2) is 48.0 Å². The third kappa shape index (κ3) is 2.17. The van der Waals surface area contributed by atoms with Crippen LogP contribution in [-0.2, 0) is 4.79 Å². The van der Waals surface area contributed by atoms with E-state index in [0.717, 1.165) is 44.0 Å². The molecule has 1 amide bonds. The normalized spacial score (nSPS) is 30.6. The predicted octanol–water partition coefficient (Wildman–Crippen LogP) is 0.314. The highest BCUT2D eigenvalue weighted by atomic mass is 32.2. The second-order valence-corrected chi connectivity index (χ2v) is 4.82. The zero-order valence-corrected chi connectivity index (χ0v) is 8.61. The van der Waals surface area contributed by atoms with E-state index in [9.17, 15) is 4.79 Å². The maximum absolute atomic E-state index is 11.7. The van der Waals surface area contributed by atoms with Crippen molar-refractivity contribution in [1.82, 2.24) is 10.2 Å². The number of thioether (sulfide) groups is 1. The quantitative estimate of drug-likeness (QED) is 0.661. The number of rotatable bonds is 1. The Morgan fingerprint density at radius 2 is 2.38 bits per heavy atom. The average Bonchev–Trinajstić information content (AvgIpc) is 2.56. The number of amides is 1. The molecular formula is C9H16N2OS. The van der Waals surface area contributed by atoms with Crippen LogP contribution in [0.15, 0.2) is 0 Å². The molecule has 1 unspecified atom stereocenters. The van der Waals surface area contributed by atoms with Crippen molar-refractivity contribution in [3.63, 3.8) is 0 Å². The van der Waals surface area contributed by atoms with Gasteiger partial charge in [-0.25, -0.2) is 0 Å². The highest BCUT2D eigenvalue weighted by molar-refractivity contribution is 7.99. The van der Waals surface area contributed by atoms with E-state index in [2.05, 4.69) is 10.2 Å². The Hall–Kier alpha value is -0.220. The summed E-state index contributed by atoms with van der Waals surface area (Å²) in [6, 6.07) is 0.478. The molecule has 0 aromatic heterocycles. The van der Waals surface area contributed by atoms with E-state index in [1.54, 1.807) is 0 Å². The van der Waals surface area contributed by atoms with Crippen molar-refractivity contribution >= 4 is 17.7 Å². The minimum atomic E-state index is 0.360. The number of hydrogen-bond donors (Lipinski definition) is 1. The van der Waals surface area contributed by atoms with Crippen LogP contribution in [0, 0.1) is 0 Å². The molecule has 2 aliphatic rings. The molecule has 0 saturated carbocycles. The number of nitrogens with zero attached hydrogens (tertiary/aromatic N) is 1. The lowest BCUT2D eigenvalue weighted by molar-refractivity contribution is -0.132. The lowest BCUT2D eigenvalue weighted by atomic mass is 10.2. The standard InChI is InChI=1S/C9H16N2OS/c12-9-2-5-13-6-4-11(9)8-1-3-10-7-8/h8,10H,1-7H2. The molecule has 0 aromatic carbocycles. The average molecular weight is 200 g/mol. The molecule has 3 nitrogen and oxygen atoms in total. The highest BCUT2D eigenvalue weighted by Crippen LogP contribution is 2.16. The molecule has 0 spiro atoms. The van der Waals surface area contributed by atoms with Gasteiger partial charge >= 0.3 is 0 Å².